The van der Waals surface area contributed by atoms with E-state index >= 15 is 0 Å². The number of hydrogen-bond donors (Lipinski definition) is 0. The van der Waals surface area contributed by atoms with Crippen LogP contribution in [-0.4, -0.2) is 23.8 Å². The van der Waals surface area contributed by atoms with E-state index in [1.807, 2.05) is 55.5 Å². The molecule has 0 radical (unpaired) electrons. The number of amides is 2. The maximum Gasteiger partial charge on any atom is 0.237 e. The number of nitrogens with zero attached hydrogens (tertiary/aromatic N) is 1. The number of carbonyl (C=O) groups is 2. The minimum Gasteiger partial charge on any atom is -0.497 e. The minimum absolute atomic E-state index is 0.0534. The summed E-state index contributed by atoms with van der Waals surface area (Å²) in [5, 5.41) is 0. The molecule has 4 nitrogen and oxygen atoms in total. The molecule has 1 aliphatic heterocycles. The lowest BCUT2D eigenvalue weighted by Crippen LogP contribution is -2.49. The SMILES string of the molecule is COc1ccc(CN2C(=O)[C@H]3C4c5ccccc5C(c5ccccc54)[C@@]3(C)C2=O)cc1. The van der Waals surface area contributed by atoms with Crippen molar-refractivity contribution in [2.75, 3.05) is 7.11 Å². The van der Waals surface area contributed by atoms with Crippen LogP contribution in [0.4, 0.5) is 0 Å². The molecule has 0 aromatic heterocycles. The smallest absolute Gasteiger partial charge is 0.237 e. The summed E-state index contributed by atoms with van der Waals surface area (Å²) in [5.41, 5.74) is 4.93. The summed E-state index contributed by atoms with van der Waals surface area (Å²) in [7, 11) is 1.62. The number of methoxy groups -OCH3 is 1. The standard InChI is InChI=1S/C27H23NO3/c1-27-23-20-9-5-3-7-18(20)22(19-8-4-6-10-21(19)23)24(27)25(29)28(26(27)30)15-16-11-13-17(31-2)14-12-16/h3-14,22-24H,15H2,1-2H3/t22?,23?,24-,27-/m1/s1. The molecule has 0 unspecified atom stereocenters. The van der Waals surface area contributed by atoms with E-state index in [4.69, 9.17) is 4.74 Å². The van der Waals surface area contributed by atoms with Gasteiger partial charge < -0.3 is 4.74 Å². The Balaban J connectivity index is 1.48. The summed E-state index contributed by atoms with van der Waals surface area (Å²) in [6, 6.07) is 24.2. The van der Waals surface area contributed by atoms with Gasteiger partial charge in [0, 0.05) is 11.8 Å². The van der Waals surface area contributed by atoms with Crippen molar-refractivity contribution in [3.05, 3.63) is 101 Å². The number of carbonyl (C=O) groups excluding carboxylic acids is 2. The van der Waals surface area contributed by atoms with Gasteiger partial charge in [0.05, 0.1) is 25.0 Å². The van der Waals surface area contributed by atoms with E-state index in [0.717, 1.165) is 11.3 Å². The van der Waals surface area contributed by atoms with Crippen molar-refractivity contribution in [3.63, 3.8) is 0 Å². The average Bonchev–Trinajstić information content (AvgIpc) is 3.00. The van der Waals surface area contributed by atoms with Gasteiger partial charge in [0.1, 0.15) is 5.75 Å². The molecule has 154 valence electrons. The number of imide groups is 1. The molecule has 0 saturated carbocycles. The second-order valence-corrected chi connectivity index (χ2v) is 9.01. The van der Waals surface area contributed by atoms with Gasteiger partial charge in [0.15, 0.2) is 0 Å². The molecular weight excluding hydrogens is 386 g/mol. The van der Waals surface area contributed by atoms with E-state index in [2.05, 4.69) is 24.3 Å². The van der Waals surface area contributed by atoms with Gasteiger partial charge in [-0.3, -0.25) is 14.5 Å². The molecular formula is C27H23NO3. The maximum absolute atomic E-state index is 13.9. The predicted octanol–water partition coefficient (Wildman–Crippen LogP) is 4.48. The van der Waals surface area contributed by atoms with E-state index in [0.29, 0.717) is 6.54 Å². The fourth-order valence-corrected chi connectivity index (χ4v) is 6.26. The van der Waals surface area contributed by atoms with E-state index in [9.17, 15) is 9.59 Å². The molecule has 3 aromatic rings. The largest absolute Gasteiger partial charge is 0.497 e. The lowest BCUT2D eigenvalue weighted by Gasteiger charge is -2.51. The molecule has 2 amide bonds. The summed E-state index contributed by atoms with van der Waals surface area (Å²) in [4.78, 5) is 29.2. The zero-order valence-corrected chi connectivity index (χ0v) is 17.5. The summed E-state index contributed by atoms with van der Waals surface area (Å²) < 4.78 is 5.24. The average molecular weight is 409 g/mol. The molecule has 1 saturated heterocycles. The molecule has 1 heterocycles. The number of ether oxygens (including phenoxy) is 1. The number of hydrogen-bond acceptors (Lipinski definition) is 3. The second kappa shape index (κ2) is 6.30. The Morgan fingerprint density at radius 2 is 1.39 bits per heavy atom. The van der Waals surface area contributed by atoms with Gasteiger partial charge in [-0.15, -0.1) is 0 Å². The molecule has 3 aliphatic carbocycles. The van der Waals surface area contributed by atoms with Gasteiger partial charge in [-0.05, 0) is 46.9 Å². The zero-order chi connectivity index (χ0) is 21.3. The van der Waals surface area contributed by atoms with Gasteiger partial charge in [0.2, 0.25) is 11.8 Å². The summed E-state index contributed by atoms with van der Waals surface area (Å²) >= 11 is 0. The van der Waals surface area contributed by atoms with E-state index in [1.165, 1.54) is 27.2 Å². The normalized spacial score (nSPS) is 27.7. The van der Waals surface area contributed by atoms with Gasteiger partial charge in [-0.2, -0.15) is 0 Å². The Labute approximate surface area is 181 Å². The van der Waals surface area contributed by atoms with Crippen LogP contribution < -0.4 is 4.74 Å². The highest BCUT2D eigenvalue weighted by Gasteiger charge is 2.68. The van der Waals surface area contributed by atoms with Crippen molar-refractivity contribution < 1.29 is 14.3 Å². The molecule has 2 bridgehead atoms. The summed E-state index contributed by atoms with van der Waals surface area (Å²) in [6.45, 7) is 2.30. The Morgan fingerprint density at radius 1 is 0.839 bits per heavy atom. The molecule has 1 fully saturated rings. The van der Waals surface area contributed by atoms with Gasteiger partial charge in [-0.1, -0.05) is 60.7 Å². The van der Waals surface area contributed by atoms with Crippen LogP contribution in [0.25, 0.3) is 0 Å². The highest BCUT2D eigenvalue weighted by Crippen LogP contribution is 2.66. The molecule has 3 aromatic carbocycles. The number of benzene rings is 3. The highest BCUT2D eigenvalue weighted by atomic mass is 16.5. The first kappa shape index (κ1) is 18.4. The van der Waals surface area contributed by atoms with E-state index in [-0.39, 0.29) is 29.6 Å². The van der Waals surface area contributed by atoms with Crippen LogP contribution in [0.15, 0.2) is 72.8 Å². The van der Waals surface area contributed by atoms with Crippen molar-refractivity contribution in [2.24, 2.45) is 11.3 Å². The van der Waals surface area contributed by atoms with E-state index < -0.39 is 5.41 Å². The van der Waals surface area contributed by atoms with E-state index in [1.54, 1.807) is 7.11 Å². The summed E-state index contributed by atoms with van der Waals surface area (Å²) in [6.07, 6.45) is 0. The first-order valence-electron chi connectivity index (χ1n) is 10.7. The van der Waals surface area contributed by atoms with Gasteiger partial charge in [0.25, 0.3) is 0 Å². The van der Waals surface area contributed by atoms with Crippen molar-refractivity contribution in [1.82, 2.24) is 4.90 Å². The van der Waals surface area contributed by atoms with Crippen molar-refractivity contribution in [1.29, 1.82) is 0 Å². The fourth-order valence-electron chi connectivity index (χ4n) is 6.26. The van der Waals surface area contributed by atoms with Crippen LogP contribution in [0.5, 0.6) is 5.75 Å². The molecule has 31 heavy (non-hydrogen) atoms. The molecule has 7 rings (SSSR count). The number of rotatable bonds is 3. The first-order valence-corrected chi connectivity index (χ1v) is 10.7. The van der Waals surface area contributed by atoms with Gasteiger partial charge >= 0.3 is 0 Å². The van der Waals surface area contributed by atoms with Crippen LogP contribution >= 0.6 is 0 Å². The molecule has 2 atom stereocenters. The zero-order valence-electron chi connectivity index (χ0n) is 17.5. The van der Waals surface area contributed by atoms with Crippen LogP contribution in [0.1, 0.15) is 46.6 Å². The van der Waals surface area contributed by atoms with Gasteiger partial charge in [-0.25, -0.2) is 0 Å². The third kappa shape index (κ3) is 2.25. The molecule has 4 aliphatic rings. The lowest BCUT2D eigenvalue weighted by atomic mass is 9.48. The lowest BCUT2D eigenvalue weighted by molar-refractivity contribution is -0.142. The molecule has 0 spiro atoms. The minimum atomic E-state index is -0.767. The first-order chi connectivity index (χ1) is 15.1. The monoisotopic (exact) mass is 409 g/mol. The van der Waals surface area contributed by atoms with Crippen LogP contribution in [0.3, 0.4) is 0 Å². The highest BCUT2D eigenvalue weighted by molar-refractivity contribution is 6.09. The van der Waals surface area contributed by atoms with Crippen molar-refractivity contribution in [2.45, 2.75) is 25.3 Å². The summed E-state index contributed by atoms with van der Waals surface area (Å²) in [5.74, 6) is 0.0898. The van der Waals surface area contributed by atoms with Crippen LogP contribution in [0, 0.1) is 11.3 Å². The Hall–Kier alpha value is -3.40. The van der Waals surface area contributed by atoms with Crippen molar-refractivity contribution in [3.8, 4) is 5.75 Å². The Morgan fingerprint density at radius 3 is 1.94 bits per heavy atom. The van der Waals surface area contributed by atoms with Crippen molar-refractivity contribution >= 4 is 11.8 Å². The Kier molecular flexibility index (Phi) is 3.73. The number of likely N-dealkylation sites (tertiary alicyclic amines) is 1. The van der Waals surface area contributed by atoms with Crippen LogP contribution in [-0.2, 0) is 16.1 Å². The molecule has 0 N–H and O–H groups in total. The second-order valence-electron chi connectivity index (χ2n) is 9.01. The maximum atomic E-state index is 13.9. The molecule has 4 heteroatoms. The fraction of sp³-hybridized carbons (Fsp3) is 0.259. The topological polar surface area (TPSA) is 46.6 Å². The third-order valence-electron chi connectivity index (χ3n) is 7.60. The third-order valence-corrected chi connectivity index (χ3v) is 7.60. The Bertz CT molecular complexity index is 1180. The van der Waals surface area contributed by atoms with Crippen LogP contribution in [0.2, 0.25) is 0 Å². The predicted molar refractivity (Wildman–Crippen MR) is 117 cm³/mol. The quantitative estimate of drug-likeness (QED) is 0.600.